The summed E-state index contributed by atoms with van der Waals surface area (Å²) in [7, 11) is 0. The van der Waals surface area contributed by atoms with Crippen molar-refractivity contribution < 1.29 is 24.9 Å². The maximum absolute atomic E-state index is 11.6. The monoisotopic (exact) mass is 612 g/mol. The molecule has 2 rings (SSSR count). The molecule has 2 atom stereocenters. The van der Waals surface area contributed by atoms with Crippen LogP contribution in [0.3, 0.4) is 0 Å². The van der Waals surface area contributed by atoms with E-state index < -0.39 is 23.1 Å². The van der Waals surface area contributed by atoms with Crippen molar-refractivity contribution >= 4 is 55.1 Å². The van der Waals surface area contributed by atoms with Gasteiger partial charge >= 0.3 is 5.97 Å². The number of hydrogen-bond acceptors (Lipinski definition) is 9. The number of nitrogens with two attached hydrogens (primary N) is 1. The Morgan fingerprint density at radius 2 is 1.46 bits per heavy atom. The van der Waals surface area contributed by atoms with Crippen LogP contribution in [-0.2, 0) is 9.59 Å². The molecule has 0 aliphatic carbocycles. The van der Waals surface area contributed by atoms with Gasteiger partial charge in [0, 0.05) is 10.7 Å². The maximum Gasteiger partial charge on any atom is 0.336 e. The first-order chi connectivity index (χ1) is 16.1. The van der Waals surface area contributed by atoms with Gasteiger partial charge in [-0.2, -0.15) is 10.5 Å². The molecule has 0 bridgehead atoms. The van der Waals surface area contributed by atoms with Crippen molar-refractivity contribution in [3.63, 3.8) is 0 Å². The number of aliphatic hydroxyl groups is 2. The van der Waals surface area contributed by atoms with E-state index in [1.54, 1.807) is 19.1 Å². The van der Waals surface area contributed by atoms with Gasteiger partial charge in [0.25, 0.3) is 5.91 Å². The van der Waals surface area contributed by atoms with Gasteiger partial charge in [-0.3, -0.25) is 4.79 Å². The molecule has 6 N–H and O–H groups in total. The average molecular weight is 614 g/mol. The molecule has 11 nitrogen and oxygen atoms in total. The molecule has 2 aromatic rings. The highest BCUT2D eigenvalue weighted by Gasteiger charge is 2.29. The summed E-state index contributed by atoms with van der Waals surface area (Å²) >= 11 is 5.89. The molecule has 0 saturated carbocycles. The highest BCUT2D eigenvalue weighted by atomic mass is 79.9. The zero-order valence-electron chi connectivity index (χ0n) is 19.5. The Bertz CT molecular complexity index is 1130. The molecular formula is C22H26Br2N6O5. The number of nitrogens with one attached hydrogen (secondary N) is 1. The second-order valence-electron chi connectivity index (χ2n) is 7.62. The van der Waals surface area contributed by atoms with Crippen molar-refractivity contribution in [1.29, 1.82) is 10.5 Å². The minimum Gasteiger partial charge on any atom is -0.479 e. The van der Waals surface area contributed by atoms with Crippen molar-refractivity contribution in [2.75, 3.05) is 21.7 Å². The molecular weight excluding hydrogens is 588 g/mol. The standard InChI is InChI=1S/C11H12BrN3O2.C7H7N3.C4H7BrO3/c1-7-3-8(5-14-9(7)4-13)15-10(16)11(2,17)6-12;1-5-2-6(9)4-10-7(5)3-8;1-4(8,2-5)3(6)7/h3,5,17H,6H2,1-2H3,(H,15,16);2,4H,9H2,1H3;8H,2H2,1H3,(H,6,7)/t11-;;4-/m0.0/s1. The molecule has 0 fully saturated rings. The van der Waals surface area contributed by atoms with E-state index in [2.05, 4.69) is 47.1 Å². The van der Waals surface area contributed by atoms with Gasteiger partial charge in [-0.25, -0.2) is 14.8 Å². The van der Waals surface area contributed by atoms with Gasteiger partial charge in [0.2, 0.25) is 0 Å². The Hall–Kier alpha value is -3.10. The number of pyridine rings is 2. The summed E-state index contributed by atoms with van der Waals surface area (Å²) in [6.07, 6.45) is 2.86. The number of nitrogen functional groups attached to an aromatic ring is 1. The Kier molecular flexibility index (Phi) is 13.1. The summed E-state index contributed by atoms with van der Waals surface area (Å²) in [6, 6.07) is 7.25. The number of carboxylic acids is 1. The van der Waals surface area contributed by atoms with Crippen LogP contribution in [-0.4, -0.2) is 59.0 Å². The number of aliphatic carboxylic acids is 1. The topological polar surface area (TPSA) is 206 Å². The Morgan fingerprint density at radius 3 is 1.80 bits per heavy atom. The molecule has 188 valence electrons. The number of carbonyl (C=O) groups is 2. The highest BCUT2D eigenvalue weighted by molar-refractivity contribution is 9.09. The van der Waals surface area contributed by atoms with Gasteiger partial charge in [-0.15, -0.1) is 0 Å². The summed E-state index contributed by atoms with van der Waals surface area (Å²) in [5.41, 5.74) is 5.59. The fourth-order valence-electron chi connectivity index (χ4n) is 1.86. The van der Waals surface area contributed by atoms with Gasteiger partial charge in [-0.05, 0) is 51.0 Å². The van der Waals surface area contributed by atoms with Crippen LogP contribution in [0.25, 0.3) is 0 Å². The number of nitriles is 2. The zero-order valence-corrected chi connectivity index (χ0v) is 22.7. The molecule has 2 heterocycles. The van der Waals surface area contributed by atoms with Gasteiger partial charge in [-0.1, -0.05) is 31.9 Å². The molecule has 0 aromatic carbocycles. The molecule has 13 heteroatoms. The molecule has 35 heavy (non-hydrogen) atoms. The first kappa shape index (κ1) is 31.9. The highest BCUT2D eigenvalue weighted by Crippen LogP contribution is 2.15. The Morgan fingerprint density at radius 1 is 1.00 bits per heavy atom. The average Bonchev–Trinajstić information content (AvgIpc) is 2.80. The van der Waals surface area contributed by atoms with Crippen molar-refractivity contribution in [1.82, 2.24) is 9.97 Å². The van der Waals surface area contributed by atoms with E-state index in [0.717, 1.165) is 5.56 Å². The van der Waals surface area contributed by atoms with E-state index in [9.17, 15) is 14.7 Å². The molecule has 2 aromatic heterocycles. The third kappa shape index (κ3) is 10.8. The number of aryl methyl sites for hydroxylation is 2. The predicted octanol–water partition coefficient (Wildman–Crippen LogP) is 2.41. The lowest BCUT2D eigenvalue weighted by Gasteiger charge is -2.19. The molecule has 0 saturated heterocycles. The maximum atomic E-state index is 11.6. The summed E-state index contributed by atoms with van der Waals surface area (Å²) < 4.78 is 0. The van der Waals surface area contributed by atoms with E-state index in [4.69, 9.17) is 26.5 Å². The van der Waals surface area contributed by atoms with E-state index in [1.807, 2.05) is 19.1 Å². The van der Waals surface area contributed by atoms with E-state index in [1.165, 1.54) is 26.2 Å². The number of aromatic nitrogens is 2. The fraction of sp³-hybridized carbons (Fsp3) is 0.364. The van der Waals surface area contributed by atoms with Crippen LogP contribution in [0.5, 0.6) is 0 Å². The molecule has 0 spiro atoms. The Balaban J connectivity index is 0.000000545. The third-order valence-corrected chi connectivity index (χ3v) is 6.30. The minimum atomic E-state index is -1.62. The number of anilines is 2. The van der Waals surface area contributed by atoms with Gasteiger partial charge < -0.3 is 26.4 Å². The van der Waals surface area contributed by atoms with Crippen molar-refractivity contribution in [2.24, 2.45) is 0 Å². The number of halogens is 2. The summed E-state index contributed by atoms with van der Waals surface area (Å²) in [4.78, 5) is 29.3. The van der Waals surface area contributed by atoms with E-state index in [0.29, 0.717) is 28.3 Å². The zero-order chi connectivity index (χ0) is 27.4. The lowest BCUT2D eigenvalue weighted by Crippen LogP contribution is -2.41. The van der Waals surface area contributed by atoms with Crippen molar-refractivity contribution in [3.05, 3.63) is 47.0 Å². The first-order valence-corrected chi connectivity index (χ1v) is 12.0. The van der Waals surface area contributed by atoms with Crippen LogP contribution in [0.2, 0.25) is 0 Å². The summed E-state index contributed by atoms with van der Waals surface area (Å²) in [5, 5.41) is 46.5. The van der Waals surface area contributed by atoms with Gasteiger partial charge in [0.05, 0.1) is 23.8 Å². The van der Waals surface area contributed by atoms with Crippen LogP contribution >= 0.6 is 31.9 Å². The number of nitrogens with zero attached hydrogens (tertiary/aromatic N) is 4. The van der Waals surface area contributed by atoms with Crippen LogP contribution in [0.15, 0.2) is 24.5 Å². The number of carbonyl (C=O) groups excluding carboxylic acids is 1. The summed E-state index contributed by atoms with van der Waals surface area (Å²) in [6.45, 7) is 6.16. The van der Waals surface area contributed by atoms with Crippen LogP contribution < -0.4 is 11.1 Å². The first-order valence-electron chi connectivity index (χ1n) is 9.75. The number of amides is 1. The van der Waals surface area contributed by atoms with Gasteiger partial charge in [0.1, 0.15) is 29.1 Å². The van der Waals surface area contributed by atoms with Crippen LogP contribution in [0.1, 0.15) is 36.4 Å². The summed E-state index contributed by atoms with van der Waals surface area (Å²) in [5.74, 6) is -1.74. The second kappa shape index (κ2) is 14.3. The van der Waals surface area contributed by atoms with Crippen molar-refractivity contribution in [2.45, 2.75) is 38.9 Å². The predicted molar refractivity (Wildman–Crippen MR) is 137 cm³/mol. The van der Waals surface area contributed by atoms with Crippen molar-refractivity contribution in [3.8, 4) is 12.1 Å². The quantitative estimate of drug-likeness (QED) is 0.311. The number of hydrogen-bond donors (Lipinski definition) is 5. The normalized spacial score (nSPS) is 13.1. The minimum absolute atomic E-state index is 0.0509. The molecule has 0 aliphatic heterocycles. The molecule has 0 unspecified atom stereocenters. The third-order valence-electron chi connectivity index (χ3n) is 4.12. The largest absolute Gasteiger partial charge is 0.479 e. The molecule has 1 amide bonds. The SMILES string of the molecule is C[C@](O)(CBr)C(=O)O.Cc1cc(N)cnc1C#N.Cc1cc(NC(=O)[C@@](C)(O)CBr)cnc1C#N. The Labute approximate surface area is 219 Å². The van der Waals surface area contributed by atoms with E-state index in [-0.39, 0.29) is 10.7 Å². The molecule has 0 aliphatic rings. The number of rotatable bonds is 5. The number of alkyl halides is 2. The lowest BCUT2D eigenvalue weighted by molar-refractivity contribution is -0.154. The second-order valence-corrected chi connectivity index (χ2v) is 8.74. The van der Waals surface area contributed by atoms with Gasteiger partial charge in [0.15, 0.2) is 5.60 Å². The van der Waals surface area contributed by atoms with Crippen LogP contribution in [0.4, 0.5) is 11.4 Å². The smallest absolute Gasteiger partial charge is 0.336 e. The fourth-order valence-corrected chi connectivity index (χ4v) is 2.35. The molecule has 0 radical (unpaired) electrons. The van der Waals surface area contributed by atoms with Crippen LogP contribution in [0, 0.1) is 36.5 Å². The lowest BCUT2D eigenvalue weighted by atomic mass is 10.1. The van der Waals surface area contributed by atoms with E-state index >= 15 is 0 Å². The number of carboxylic acid groups (broad SMARTS) is 1.